The molecule has 2 aliphatic rings. The topological polar surface area (TPSA) is 56.2 Å². The number of fused-ring (bicyclic) bond motifs is 1. The number of ether oxygens (including phenoxy) is 1. The molecular weight excluding hydrogens is 290 g/mol. The van der Waals surface area contributed by atoms with Crippen LogP contribution in [-0.2, 0) is 13.0 Å². The molecule has 1 aliphatic carbocycles. The number of hydrogen-bond acceptors (Lipinski definition) is 3. The number of para-hydroxylation sites is 1. The van der Waals surface area contributed by atoms with Crippen molar-refractivity contribution in [2.45, 2.75) is 50.8 Å². The average Bonchev–Trinajstić information content (AvgIpc) is 2.99. The van der Waals surface area contributed by atoms with E-state index < -0.39 is 0 Å². The molecule has 1 N–H and O–H groups in total. The molecule has 5 nitrogen and oxygen atoms in total. The standard InChI is InChI=1S/C18H21N3O2/c22-18(20-13-8-9-17-19-10-11-21(17)12-13)15-6-1-2-7-16(15)23-14-4-3-5-14/h1-2,6-7,10-11,13-14H,3-5,8-9,12H2,(H,20,22)/t13-/m1/s1. The highest BCUT2D eigenvalue weighted by Crippen LogP contribution is 2.27. The molecule has 0 bridgehead atoms. The van der Waals surface area contributed by atoms with E-state index in [1.807, 2.05) is 36.7 Å². The zero-order valence-corrected chi connectivity index (χ0v) is 13.1. The molecule has 4 rings (SSSR count). The van der Waals surface area contributed by atoms with E-state index in [0.717, 1.165) is 38.1 Å². The first-order valence-corrected chi connectivity index (χ1v) is 8.36. The highest BCUT2D eigenvalue weighted by Gasteiger charge is 2.24. The van der Waals surface area contributed by atoms with Gasteiger partial charge in [0.15, 0.2) is 0 Å². The van der Waals surface area contributed by atoms with Crippen LogP contribution in [0.25, 0.3) is 0 Å². The Morgan fingerprint density at radius 3 is 2.96 bits per heavy atom. The number of benzene rings is 1. The molecule has 2 heterocycles. The Morgan fingerprint density at radius 1 is 1.26 bits per heavy atom. The first-order valence-electron chi connectivity index (χ1n) is 8.36. The molecule has 1 aromatic heterocycles. The van der Waals surface area contributed by atoms with Crippen molar-refractivity contribution >= 4 is 5.91 Å². The lowest BCUT2D eigenvalue weighted by atomic mass is 9.96. The highest BCUT2D eigenvalue weighted by atomic mass is 16.5. The van der Waals surface area contributed by atoms with Crippen LogP contribution in [0.5, 0.6) is 5.75 Å². The number of imidazole rings is 1. The fourth-order valence-electron chi connectivity index (χ4n) is 3.17. The van der Waals surface area contributed by atoms with Crippen LogP contribution in [0.1, 0.15) is 41.9 Å². The molecule has 1 aromatic carbocycles. The van der Waals surface area contributed by atoms with Gasteiger partial charge in [0.2, 0.25) is 0 Å². The van der Waals surface area contributed by atoms with Gasteiger partial charge < -0.3 is 14.6 Å². The van der Waals surface area contributed by atoms with E-state index in [4.69, 9.17) is 4.74 Å². The molecule has 1 amide bonds. The SMILES string of the molecule is O=C(N[C@@H]1CCc2nccn2C1)c1ccccc1OC1CCC1. The van der Waals surface area contributed by atoms with Gasteiger partial charge in [0.05, 0.1) is 11.7 Å². The Bertz CT molecular complexity index is 706. The Kier molecular flexibility index (Phi) is 3.77. The Morgan fingerprint density at radius 2 is 2.13 bits per heavy atom. The molecule has 0 unspecified atom stereocenters. The van der Waals surface area contributed by atoms with Gasteiger partial charge in [-0.3, -0.25) is 4.79 Å². The zero-order chi connectivity index (χ0) is 15.6. The zero-order valence-electron chi connectivity index (χ0n) is 13.1. The lowest BCUT2D eigenvalue weighted by molar-refractivity contribution is 0.0903. The molecule has 0 saturated heterocycles. The summed E-state index contributed by atoms with van der Waals surface area (Å²) < 4.78 is 8.08. The summed E-state index contributed by atoms with van der Waals surface area (Å²) in [5.41, 5.74) is 0.635. The molecule has 1 saturated carbocycles. The number of aromatic nitrogens is 2. The molecule has 1 fully saturated rings. The molecule has 120 valence electrons. The van der Waals surface area contributed by atoms with Crippen LogP contribution in [0, 0.1) is 0 Å². The molecule has 1 atom stereocenters. The van der Waals surface area contributed by atoms with Gasteiger partial charge in [-0.05, 0) is 37.8 Å². The maximum Gasteiger partial charge on any atom is 0.255 e. The fraction of sp³-hybridized carbons (Fsp3) is 0.444. The summed E-state index contributed by atoms with van der Waals surface area (Å²) in [7, 11) is 0. The van der Waals surface area contributed by atoms with Crippen LogP contribution in [-0.4, -0.2) is 27.6 Å². The van der Waals surface area contributed by atoms with Crippen molar-refractivity contribution < 1.29 is 9.53 Å². The van der Waals surface area contributed by atoms with Crippen molar-refractivity contribution in [1.29, 1.82) is 0 Å². The van der Waals surface area contributed by atoms with Crippen LogP contribution in [0.15, 0.2) is 36.7 Å². The van der Waals surface area contributed by atoms with Gasteiger partial charge in [0, 0.05) is 31.4 Å². The summed E-state index contributed by atoms with van der Waals surface area (Å²) in [4.78, 5) is 17.0. The smallest absolute Gasteiger partial charge is 0.255 e. The molecule has 0 radical (unpaired) electrons. The summed E-state index contributed by atoms with van der Waals surface area (Å²) in [6.07, 6.45) is 9.28. The number of hydrogen-bond donors (Lipinski definition) is 1. The van der Waals surface area contributed by atoms with E-state index in [2.05, 4.69) is 14.9 Å². The van der Waals surface area contributed by atoms with Gasteiger partial charge in [-0.1, -0.05) is 12.1 Å². The van der Waals surface area contributed by atoms with E-state index >= 15 is 0 Å². The third-order valence-corrected chi connectivity index (χ3v) is 4.75. The number of nitrogens with one attached hydrogen (secondary N) is 1. The number of amides is 1. The number of rotatable bonds is 4. The molecule has 23 heavy (non-hydrogen) atoms. The van der Waals surface area contributed by atoms with Crippen molar-refractivity contribution in [1.82, 2.24) is 14.9 Å². The maximum atomic E-state index is 12.7. The van der Waals surface area contributed by atoms with Crippen LogP contribution in [0.3, 0.4) is 0 Å². The van der Waals surface area contributed by atoms with Crippen molar-refractivity contribution in [2.24, 2.45) is 0 Å². The van der Waals surface area contributed by atoms with Gasteiger partial charge in [0.25, 0.3) is 5.91 Å². The van der Waals surface area contributed by atoms with Crippen LogP contribution >= 0.6 is 0 Å². The van der Waals surface area contributed by atoms with Crippen molar-refractivity contribution in [3.05, 3.63) is 48.0 Å². The largest absolute Gasteiger partial charge is 0.490 e. The molecule has 0 spiro atoms. The lowest BCUT2D eigenvalue weighted by Crippen LogP contribution is -2.41. The summed E-state index contributed by atoms with van der Waals surface area (Å²) in [6.45, 7) is 0.784. The van der Waals surface area contributed by atoms with Gasteiger partial charge >= 0.3 is 0 Å². The number of nitrogens with zero attached hydrogens (tertiary/aromatic N) is 2. The number of carbonyl (C=O) groups is 1. The third kappa shape index (κ3) is 2.96. The quantitative estimate of drug-likeness (QED) is 0.944. The third-order valence-electron chi connectivity index (χ3n) is 4.75. The van der Waals surface area contributed by atoms with Crippen LogP contribution in [0.2, 0.25) is 0 Å². The Balaban J connectivity index is 1.45. The monoisotopic (exact) mass is 311 g/mol. The highest BCUT2D eigenvalue weighted by molar-refractivity contribution is 5.97. The first-order chi connectivity index (χ1) is 11.3. The minimum atomic E-state index is -0.0477. The first kappa shape index (κ1) is 14.3. The van der Waals surface area contributed by atoms with E-state index in [1.165, 1.54) is 6.42 Å². The van der Waals surface area contributed by atoms with Gasteiger partial charge in [-0.2, -0.15) is 0 Å². The summed E-state index contributed by atoms with van der Waals surface area (Å²) in [5.74, 6) is 1.76. The summed E-state index contributed by atoms with van der Waals surface area (Å²) in [6, 6.07) is 7.68. The Hall–Kier alpha value is -2.30. The maximum absolute atomic E-state index is 12.7. The average molecular weight is 311 g/mol. The minimum Gasteiger partial charge on any atom is -0.490 e. The van der Waals surface area contributed by atoms with Gasteiger partial charge in [0.1, 0.15) is 11.6 Å². The van der Waals surface area contributed by atoms with E-state index in [-0.39, 0.29) is 18.1 Å². The lowest BCUT2D eigenvalue weighted by Gasteiger charge is -2.28. The number of carbonyl (C=O) groups excluding carboxylic acids is 1. The van der Waals surface area contributed by atoms with E-state index in [0.29, 0.717) is 11.3 Å². The Labute approximate surface area is 135 Å². The second-order valence-corrected chi connectivity index (χ2v) is 6.37. The van der Waals surface area contributed by atoms with Crippen molar-refractivity contribution in [2.75, 3.05) is 0 Å². The van der Waals surface area contributed by atoms with Crippen LogP contribution < -0.4 is 10.1 Å². The van der Waals surface area contributed by atoms with Gasteiger partial charge in [-0.15, -0.1) is 0 Å². The second-order valence-electron chi connectivity index (χ2n) is 6.37. The predicted molar refractivity (Wildman–Crippen MR) is 86.5 cm³/mol. The van der Waals surface area contributed by atoms with Crippen LogP contribution in [0.4, 0.5) is 0 Å². The van der Waals surface area contributed by atoms with Crippen molar-refractivity contribution in [3.63, 3.8) is 0 Å². The molecule has 1 aliphatic heterocycles. The fourth-order valence-corrected chi connectivity index (χ4v) is 3.17. The molecular formula is C18H21N3O2. The second kappa shape index (κ2) is 6.07. The predicted octanol–water partition coefficient (Wildman–Crippen LogP) is 2.56. The van der Waals surface area contributed by atoms with Gasteiger partial charge in [-0.25, -0.2) is 4.98 Å². The summed E-state index contributed by atoms with van der Waals surface area (Å²) >= 11 is 0. The van der Waals surface area contributed by atoms with Crippen molar-refractivity contribution in [3.8, 4) is 5.75 Å². The van der Waals surface area contributed by atoms with E-state index in [1.54, 1.807) is 0 Å². The van der Waals surface area contributed by atoms with E-state index in [9.17, 15) is 4.79 Å². The molecule has 5 heteroatoms. The number of aryl methyl sites for hydroxylation is 1. The minimum absolute atomic E-state index is 0.0477. The summed E-state index contributed by atoms with van der Waals surface area (Å²) in [5, 5.41) is 3.15. The molecule has 2 aromatic rings. The normalized spacial score (nSPS) is 20.4.